The number of nitrogens with zero attached hydrogens (tertiary/aromatic N) is 7. The molecule has 3 heterocycles. The van der Waals surface area contributed by atoms with Crippen LogP contribution in [0.25, 0.3) is 0 Å². The molecule has 0 aromatic carbocycles. The van der Waals surface area contributed by atoms with Crippen LogP contribution in [0.1, 0.15) is 11.3 Å². The van der Waals surface area contributed by atoms with Crippen LogP contribution in [-0.4, -0.2) is 66.4 Å². The summed E-state index contributed by atoms with van der Waals surface area (Å²) in [5.74, 6) is -0.298. The predicted octanol–water partition coefficient (Wildman–Crippen LogP) is 0.178. The number of aromatic nitrogens is 4. The lowest BCUT2D eigenvalue weighted by Gasteiger charge is -2.34. The zero-order valence-electron chi connectivity index (χ0n) is 14.3. The predicted molar refractivity (Wildman–Crippen MR) is 88.7 cm³/mol. The first-order valence-corrected chi connectivity index (χ1v) is 8.09. The van der Waals surface area contributed by atoms with Crippen LogP contribution in [0.3, 0.4) is 0 Å². The summed E-state index contributed by atoms with van der Waals surface area (Å²) in [5, 5.41) is 19.2. The highest BCUT2D eigenvalue weighted by atomic mass is 16.6. The van der Waals surface area contributed by atoms with Gasteiger partial charge in [-0.2, -0.15) is 5.10 Å². The molecule has 0 bridgehead atoms. The maximum absolute atomic E-state index is 12.4. The zero-order valence-corrected chi connectivity index (χ0v) is 14.3. The average molecular weight is 347 g/mol. The lowest BCUT2D eigenvalue weighted by Crippen LogP contribution is -2.49. The van der Waals surface area contributed by atoms with Gasteiger partial charge >= 0.3 is 5.82 Å². The third kappa shape index (κ3) is 4.02. The summed E-state index contributed by atoms with van der Waals surface area (Å²) in [7, 11) is 1.89. The molecule has 0 radical (unpaired) electrons. The fourth-order valence-corrected chi connectivity index (χ4v) is 2.99. The number of amides is 1. The van der Waals surface area contributed by atoms with Crippen LogP contribution in [0.4, 0.5) is 5.82 Å². The Labute approximate surface area is 144 Å². The van der Waals surface area contributed by atoms with Crippen molar-refractivity contribution in [2.75, 3.05) is 26.2 Å². The van der Waals surface area contributed by atoms with E-state index in [-0.39, 0.29) is 18.3 Å². The van der Waals surface area contributed by atoms with Crippen LogP contribution in [-0.2, 0) is 24.9 Å². The van der Waals surface area contributed by atoms with E-state index in [1.807, 2.05) is 19.4 Å². The van der Waals surface area contributed by atoms with Gasteiger partial charge in [-0.1, -0.05) is 5.10 Å². The molecule has 0 N–H and O–H groups in total. The van der Waals surface area contributed by atoms with Crippen LogP contribution >= 0.6 is 0 Å². The van der Waals surface area contributed by atoms with Crippen molar-refractivity contribution in [3.05, 3.63) is 39.8 Å². The third-order valence-corrected chi connectivity index (χ3v) is 4.24. The highest BCUT2D eigenvalue weighted by Crippen LogP contribution is 2.14. The molecular weight excluding hydrogens is 326 g/mol. The normalized spacial score (nSPS) is 15.5. The summed E-state index contributed by atoms with van der Waals surface area (Å²) in [4.78, 5) is 26.9. The van der Waals surface area contributed by atoms with Crippen molar-refractivity contribution < 1.29 is 9.72 Å². The highest BCUT2D eigenvalue weighted by molar-refractivity contribution is 5.76. The van der Waals surface area contributed by atoms with Gasteiger partial charge in [-0.25, -0.2) is 0 Å². The molecule has 0 aliphatic carbocycles. The molecule has 0 atom stereocenters. The van der Waals surface area contributed by atoms with E-state index in [9.17, 15) is 14.9 Å². The van der Waals surface area contributed by atoms with Crippen molar-refractivity contribution in [2.24, 2.45) is 7.05 Å². The molecule has 0 saturated carbocycles. The Morgan fingerprint density at radius 1 is 1.32 bits per heavy atom. The lowest BCUT2D eigenvalue weighted by molar-refractivity contribution is -0.392. The van der Waals surface area contributed by atoms with Gasteiger partial charge in [-0.15, -0.1) is 4.68 Å². The van der Waals surface area contributed by atoms with Crippen LogP contribution in [0.5, 0.6) is 0 Å². The van der Waals surface area contributed by atoms with Crippen molar-refractivity contribution in [3.63, 3.8) is 0 Å². The van der Waals surface area contributed by atoms with E-state index in [2.05, 4.69) is 15.1 Å². The number of piperazine rings is 1. The minimum absolute atomic E-state index is 0.104. The molecule has 0 unspecified atom stereocenters. The van der Waals surface area contributed by atoms with E-state index in [0.717, 1.165) is 25.2 Å². The first kappa shape index (κ1) is 17.1. The van der Waals surface area contributed by atoms with E-state index in [4.69, 9.17) is 0 Å². The van der Waals surface area contributed by atoms with Gasteiger partial charge in [-0.05, 0) is 11.8 Å². The van der Waals surface area contributed by atoms with Crippen molar-refractivity contribution in [3.8, 4) is 0 Å². The molecule has 10 heteroatoms. The van der Waals surface area contributed by atoms with Gasteiger partial charge in [0.15, 0.2) is 6.54 Å². The quantitative estimate of drug-likeness (QED) is 0.565. The Morgan fingerprint density at radius 2 is 2.04 bits per heavy atom. The molecule has 10 nitrogen and oxygen atoms in total. The number of carbonyl (C=O) groups is 1. The number of carbonyl (C=O) groups excluding carboxylic acids is 1. The van der Waals surface area contributed by atoms with Gasteiger partial charge in [0.1, 0.15) is 0 Å². The molecule has 2 aromatic rings. The largest absolute Gasteiger partial charge is 0.358 e. The monoisotopic (exact) mass is 347 g/mol. The molecule has 1 saturated heterocycles. The number of aryl methyl sites for hydroxylation is 2. The fraction of sp³-hybridized carbons (Fsp3) is 0.533. The Balaban J connectivity index is 1.54. The molecule has 1 aliphatic rings. The number of rotatable bonds is 5. The second-order valence-corrected chi connectivity index (χ2v) is 6.24. The number of nitro groups is 1. The van der Waals surface area contributed by atoms with Crippen molar-refractivity contribution >= 4 is 11.7 Å². The second-order valence-electron chi connectivity index (χ2n) is 6.24. The number of hydrogen-bond acceptors (Lipinski definition) is 6. The Bertz CT molecular complexity index is 774. The highest BCUT2D eigenvalue weighted by Gasteiger charge is 2.26. The van der Waals surface area contributed by atoms with E-state index in [1.54, 1.807) is 16.5 Å². The number of hydrogen-bond donors (Lipinski definition) is 0. The minimum Gasteiger partial charge on any atom is -0.358 e. The molecule has 1 amide bonds. The minimum atomic E-state index is -0.515. The Hall–Kier alpha value is -2.75. The molecule has 134 valence electrons. The average Bonchev–Trinajstić information content (AvgIpc) is 3.13. The van der Waals surface area contributed by atoms with Gasteiger partial charge in [0, 0.05) is 51.5 Å². The molecule has 0 spiro atoms. The van der Waals surface area contributed by atoms with E-state index in [1.165, 1.54) is 10.7 Å². The standard InChI is InChI=1S/C15H21N7O3/c1-12-7-14(22(24)25)21(17-12)11-15(23)20-5-3-19(4-6-20)10-13-8-16-18(2)9-13/h7-9H,3-6,10-11H2,1-2H3. The molecule has 1 fully saturated rings. The summed E-state index contributed by atoms with van der Waals surface area (Å²) >= 11 is 0. The topological polar surface area (TPSA) is 102 Å². The van der Waals surface area contributed by atoms with Crippen LogP contribution in [0, 0.1) is 17.0 Å². The van der Waals surface area contributed by atoms with Crippen LogP contribution in [0.2, 0.25) is 0 Å². The lowest BCUT2D eigenvalue weighted by atomic mass is 10.2. The van der Waals surface area contributed by atoms with E-state index >= 15 is 0 Å². The third-order valence-electron chi connectivity index (χ3n) is 4.24. The van der Waals surface area contributed by atoms with Gasteiger partial charge in [0.05, 0.1) is 18.0 Å². The summed E-state index contributed by atoms with van der Waals surface area (Å²) in [6.45, 7) is 5.11. The summed E-state index contributed by atoms with van der Waals surface area (Å²) in [5.41, 5.74) is 1.67. The fourth-order valence-electron chi connectivity index (χ4n) is 2.99. The first-order chi connectivity index (χ1) is 11.9. The Morgan fingerprint density at radius 3 is 2.64 bits per heavy atom. The molecule has 3 rings (SSSR count). The maximum atomic E-state index is 12.4. The summed E-state index contributed by atoms with van der Waals surface area (Å²) in [6.07, 6.45) is 3.83. The van der Waals surface area contributed by atoms with E-state index in [0.29, 0.717) is 18.8 Å². The van der Waals surface area contributed by atoms with Gasteiger partial charge in [0.25, 0.3) is 5.91 Å². The summed E-state index contributed by atoms with van der Waals surface area (Å²) < 4.78 is 2.94. The molecule has 25 heavy (non-hydrogen) atoms. The van der Waals surface area contributed by atoms with Crippen molar-refractivity contribution in [1.82, 2.24) is 29.4 Å². The van der Waals surface area contributed by atoms with Gasteiger partial charge < -0.3 is 15.0 Å². The van der Waals surface area contributed by atoms with Gasteiger partial charge in [0.2, 0.25) is 0 Å². The van der Waals surface area contributed by atoms with Crippen molar-refractivity contribution in [2.45, 2.75) is 20.0 Å². The maximum Gasteiger partial charge on any atom is 0.345 e. The zero-order chi connectivity index (χ0) is 18.0. The Kier molecular flexibility index (Phi) is 4.79. The molecular formula is C15H21N7O3. The SMILES string of the molecule is Cc1cc([N+](=O)[O-])n(CC(=O)N2CCN(Cc3cnn(C)c3)CC2)n1. The molecule has 1 aliphatic heterocycles. The van der Waals surface area contributed by atoms with Gasteiger partial charge in [-0.3, -0.25) is 14.4 Å². The first-order valence-electron chi connectivity index (χ1n) is 8.09. The smallest absolute Gasteiger partial charge is 0.345 e. The van der Waals surface area contributed by atoms with Crippen molar-refractivity contribution in [1.29, 1.82) is 0 Å². The summed E-state index contributed by atoms with van der Waals surface area (Å²) in [6, 6.07) is 1.37. The van der Waals surface area contributed by atoms with Crippen LogP contribution < -0.4 is 0 Å². The van der Waals surface area contributed by atoms with E-state index < -0.39 is 4.92 Å². The second kappa shape index (κ2) is 7.01. The van der Waals surface area contributed by atoms with Crippen LogP contribution in [0.15, 0.2) is 18.5 Å². The molecule has 2 aromatic heterocycles.